The van der Waals surface area contributed by atoms with Crippen molar-refractivity contribution in [3.63, 3.8) is 0 Å². The van der Waals surface area contributed by atoms with Gasteiger partial charge in [0.15, 0.2) is 4.90 Å². The zero-order chi connectivity index (χ0) is 13.9. The number of rotatable bonds is 5. The van der Waals surface area contributed by atoms with Crippen molar-refractivity contribution in [2.24, 2.45) is 0 Å². The molecule has 0 saturated heterocycles. The predicted octanol–water partition coefficient (Wildman–Crippen LogP) is 0.596. The Labute approximate surface area is 104 Å². The van der Waals surface area contributed by atoms with Crippen LogP contribution < -0.4 is 10.5 Å². The third-order valence-corrected chi connectivity index (χ3v) is 3.85. The minimum Gasteiger partial charge on any atom is -0.399 e. The molecule has 18 heavy (non-hydrogen) atoms. The quantitative estimate of drug-likeness (QED) is 0.688. The number of aliphatic hydroxyl groups is 1. The second-order valence-electron chi connectivity index (χ2n) is 3.85. The van der Waals surface area contributed by atoms with Crippen molar-refractivity contribution >= 4 is 15.7 Å². The van der Waals surface area contributed by atoms with Crippen LogP contribution in [0.4, 0.5) is 14.5 Å². The van der Waals surface area contributed by atoms with Crippen LogP contribution in [0.1, 0.15) is 13.3 Å². The molecule has 4 N–H and O–H groups in total. The molecule has 0 radical (unpaired) electrons. The van der Waals surface area contributed by atoms with E-state index in [1.54, 1.807) is 0 Å². The summed E-state index contributed by atoms with van der Waals surface area (Å²) < 4.78 is 52.5. The fraction of sp³-hybridized carbons (Fsp3) is 0.400. The van der Waals surface area contributed by atoms with E-state index in [9.17, 15) is 17.2 Å². The molecular formula is C10H14F2N2O3S. The number of benzene rings is 1. The van der Waals surface area contributed by atoms with Crippen molar-refractivity contribution in [3.8, 4) is 0 Å². The zero-order valence-corrected chi connectivity index (χ0v) is 10.5. The number of nitrogen functional groups attached to an aromatic ring is 1. The van der Waals surface area contributed by atoms with Crippen LogP contribution in [0.2, 0.25) is 0 Å². The number of aliphatic hydroxyl groups excluding tert-OH is 1. The van der Waals surface area contributed by atoms with E-state index < -0.39 is 32.6 Å². The van der Waals surface area contributed by atoms with Crippen LogP contribution in [0.25, 0.3) is 0 Å². The van der Waals surface area contributed by atoms with Crippen molar-refractivity contribution < 1.29 is 22.3 Å². The van der Waals surface area contributed by atoms with Crippen LogP contribution in [-0.2, 0) is 10.0 Å². The summed E-state index contributed by atoms with van der Waals surface area (Å²) in [6.07, 6.45) is 0.136. The Hall–Kier alpha value is -1.25. The molecule has 1 atom stereocenters. The van der Waals surface area contributed by atoms with Gasteiger partial charge in [-0.15, -0.1) is 0 Å². The third-order valence-electron chi connectivity index (χ3n) is 2.21. The molecule has 0 spiro atoms. The van der Waals surface area contributed by atoms with E-state index in [4.69, 9.17) is 10.8 Å². The summed E-state index contributed by atoms with van der Waals surface area (Å²) in [6, 6.07) is 0.819. The first kappa shape index (κ1) is 14.8. The lowest BCUT2D eigenvalue weighted by Gasteiger charge is -2.14. The number of hydrogen-bond acceptors (Lipinski definition) is 4. The summed E-state index contributed by atoms with van der Waals surface area (Å²) in [5.74, 6) is -2.51. The third kappa shape index (κ3) is 3.37. The monoisotopic (exact) mass is 280 g/mol. The SMILES string of the molecule is CC(CCO)NS(=O)(=O)c1c(F)cc(N)cc1F. The Bertz CT molecular complexity index is 511. The Balaban J connectivity index is 3.13. The van der Waals surface area contributed by atoms with Crippen molar-refractivity contribution in [1.82, 2.24) is 4.72 Å². The van der Waals surface area contributed by atoms with Gasteiger partial charge in [-0.3, -0.25) is 0 Å². The van der Waals surface area contributed by atoms with Gasteiger partial charge in [0.25, 0.3) is 0 Å². The van der Waals surface area contributed by atoms with Crippen molar-refractivity contribution in [3.05, 3.63) is 23.8 Å². The first-order valence-corrected chi connectivity index (χ1v) is 6.64. The molecule has 1 unspecified atom stereocenters. The highest BCUT2D eigenvalue weighted by Crippen LogP contribution is 2.21. The lowest BCUT2D eigenvalue weighted by atomic mass is 10.3. The van der Waals surface area contributed by atoms with Gasteiger partial charge in [-0.25, -0.2) is 21.9 Å². The van der Waals surface area contributed by atoms with Gasteiger partial charge >= 0.3 is 0 Å². The first-order chi connectivity index (χ1) is 8.27. The van der Waals surface area contributed by atoms with Crippen LogP contribution in [0.5, 0.6) is 0 Å². The van der Waals surface area contributed by atoms with Gasteiger partial charge in [0.1, 0.15) is 11.6 Å². The molecule has 0 aliphatic carbocycles. The van der Waals surface area contributed by atoms with E-state index in [1.165, 1.54) is 6.92 Å². The highest BCUT2D eigenvalue weighted by molar-refractivity contribution is 7.89. The number of hydrogen-bond donors (Lipinski definition) is 3. The number of nitrogens with one attached hydrogen (secondary N) is 1. The molecule has 1 rings (SSSR count). The van der Waals surface area contributed by atoms with Crippen molar-refractivity contribution in [2.75, 3.05) is 12.3 Å². The van der Waals surface area contributed by atoms with Crippen LogP contribution in [-0.4, -0.2) is 26.2 Å². The lowest BCUT2D eigenvalue weighted by Crippen LogP contribution is -2.34. The topological polar surface area (TPSA) is 92.4 Å². The maximum Gasteiger partial charge on any atom is 0.246 e. The first-order valence-electron chi connectivity index (χ1n) is 5.15. The molecule has 1 aromatic rings. The molecule has 0 amide bonds. The van der Waals surface area contributed by atoms with Crippen molar-refractivity contribution in [2.45, 2.75) is 24.3 Å². The molecule has 0 saturated carbocycles. The van der Waals surface area contributed by atoms with Gasteiger partial charge in [-0.1, -0.05) is 0 Å². The van der Waals surface area contributed by atoms with E-state index in [2.05, 4.69) is 4.72 Å². The van der Waals surface area contributed by atoms with Crippen LogP contribution >= 0.6 is 0 Å². The molecule has 102 valence electrons. The zero-order valence-electron chi connectivity index (χ0n) is 9.65. The minimum absolute atomic E-state index is 0.136. The van der Waals surface area contributed by atoms with Crippen LogP contribution in [0.3, 0.4) is 0 Å². The average molecular weight is 280 g/mol. The Kier molecular flexibility index (Phi) is 4.60. The van der Waals surface area contributed by atoms with Crippen LogP contribution in [0, 0.1) is 11.6 Å². The number of halogens is 2. The molecular weight excluding hydrogens is 266 g/mol. The van der Waals surface area contributed by atoms with Gasteiger partial charge in [-0.05, 0) is 25.5 Å². The lowest BCUT2D eigenvalue weighted by molar-refractivity contribution is 0.275. The summed E-state index contributed by atoms with van der Waals surface area (Å²) in [4.78, 5) is -1.07. The van der Waals surface area contributed by atoms with Gasteiger partial charge in [0, 0.05) is 18.3 Å². The Morgan fingerprint density at radius 1 is 1.39 bits per heavy atom. The molecule has 5 nitrogen and oxygen atoms in total. The van der Waals surface area contributed by atoms with E-state index in [1.807, 2.05) is 0 Å². The van der Waals surface area contributed by atoms with Gasteiger partial charge in [0.05, 0.1) is 0 Å². The molecule has 1 aromatic carbocycles. The Morgan fingerprint density at radius 2 is 1.89 bits per heavy atom. The summed E-state index contributed by atoms with van der Waals surface area (Å²) in [6.45, 7) is 1.23. The van der Waals surface area contributed by atoms with Crippen LogP contribution in [0.15, 0.2) is 17.0 Å². The predicted molar refractivity (Wildman–Crippen MR) is 62.3 cm³/mol. The number of anilines is 1. The second-order valence-corrected chi connectivity index (χ2v) is 5.50. The molecule has 0 heterocycles. The summed E-state index contributed by atoms with van der Waals surface area (Å²) in [7, 11) is -4.33. The normalized spacial score (nSPS) is 13.6. The second kappa shape index (κ2) is 5.59. The Morgan fingerprint density at radius 3 is 2.33 bits per heavy atom. The van der Waals surface area contributed by atoms with E-state index >= 15 is 0 Å². The average Bonchev–Trinajstić information content (AvgIpc) is 2.13. The number of sulfonamides is 1. The number of nitrogens with two attached hydrogens (primary N) is 1. The van der Waals surface area contributed by atoms with Crippen molar-refractivity contribution in [1.29, 1.82) is 0 Å². The molecule has 0 aliphatic heterocycles. The summed E-state index contributed by atoms with van der Waals surface area (Å²) in [5, 5.41) is 8.65. The molecule has 0 bridgehead atoms. The van der Waals surface area contributed by atoms with Gasteiger partial charge in [0.2, 0.25) is 10.0 Å². The summed E-state index contributed by atoms with van der Waals surface area (Å²) >= 11 is 0. The smallest absolute Gasteiger partial charge is 0.246 e. The highest BCUT2D eigenvalue weighted by Gasteiger charge is 2.25. The molecule has 0 fully saturated rings. The maximum absolute atomic E-state index is 13.5. The highest BCUT2D eigenvalue weighted by atomic mass is 32.2. The summed E-state index contributed by atoms with van der Waals surface area (Å²) in [5.41, 5.74) is 4.99. The van der Waals surface area contributed by atoms with E-state index in [0.29, 0.717) is 0 Å². The fourth-order valence-corrected chi connectivity index (χ4v) is 2.81. The minimum atomic E-state index is -4.33. The largest absolute Gasteiger partial charge is 0.399 e. The molecule has 8 heteroatoms. The van der Waals surface area contributed by atoms with Gasteiger partial charge < -0.3 is 10.8 Å². The molecule has 0 aliphatic rings. The fourth-order valence-electron chi connectivity index (χ4n) is 1.41. The standard InChI is InChI=1S/C10H14F2N2O3S/c1-6(2-3-15)14-18(16,17)10-8(11)4-7(13)5-9(10)12/h4-6,14-15H,2-3,13H2,1H3. The van der Waals surface area contributed by atoms with E-state index in [0.717, 1.165) is 12.1 Å². The van der Waals surface area contributed by atoms with Gasteiger partial charge in [-0.2, -0.15) is 0 Å². The van der Waals surface area contributed by atoms with E-state index in [-0.39, 0.29) is 18.7 Å². The molecule has 0 aromatic heterocycles. The maximum atomic E-state index is 13.5.